The predicted molar refractivity (Wildman–Crippen MR) is 75.7 cm³/mol. The Balaban J connectivity index is 1.89. The molecule has 0 amide bonds. The number of hydrogen-bond donors (Lipinski definition) is 3. The van der Waals surface area contributed by atoms with Crippen molar-refractivity contribution < 1.29 is 5.11 Å². The Bertz CT molecular complexity index is 264. The summed E-state index contributed by atoms with van der Waals surface area (Å²) in [6, 6.07) is 1.22. The first-order valence-electron chi connectivity index (χ1n) is 7.49. The average molecular weight is 254 g/mol. The van der Waals surface area contributed by atoms with E-state index in [-0.39, 0.29) is 17.2 Å². The zero-order valence-corrected chi connectivity index (χ0v) is 12.4. The van der Waals surface area contributed by atoms with Gasteiger partial charge in [-0.25, -0.2) is 0 Å². The average Bonchev–Trinajstić information content (AvgIpc) is 2.16. The fraction of sp³-hybridized carbons (Fsp3) is 1.00. The van der Waals surface area contributed by atoms with Crippen LogP contribution in [0.15, 0.2) is 0 Å². The van der Waals surface area contributed by atoms with Crippen LogP contribution < -0.4 is 10.6 Å². The maximum absolute atomic E-state index is 9.56. The molecule has 1 saturated carbocycles. The monoisotopic (exact) mass is 254 g/mol. The fourth-order valence-corrected chi connectivity index (χ4v) is 4.02. The molecule has 106 valence electrons. The highest BCUT2D eigenvalue weighted by Gasteiger charge is 2.38. The number of aliphatic hydroxyl groups excluding tert-OH is 1. The first-order chi connectivity index (χ1) is 8.26. The fourth-order valence-electron chi connectivity index (χ4n) is 4.02. The Morgan fingerprint density at radius 2 is 1.39 bits per heavy atom. The minimum atomic E-state index is -0.0519. The van der Waals surface area contributed by atoms with Gasteiger partial charge in [-0.2, -0.15) is 0 Å². The van der Waals surface area contributed by atoms with Crippen molar-refractivity contribution in [3.05, 3.63) is 0 Å². The summed E-state index contributed by atoms with van der Waals surface area (Å²) >= 11 is 0. The van der Waals surface area contributed by atoms with E-state index in [1.165, 1.54) is 12.8 Å². The van der Waals surface area contributed by atoms with Gasteiger partial charge >= 0.3 is 0 Å². The van der Waals surface area contributed by atoms with Gasteiger partial charge in [-0.1, -0.05) is 0 Å². The molecule has 0 aromatic heterocycles. The SMILES string of the molecule is CC1(C)CC(NC2CCC(O)CC2)CC(C)(C)N1. The summed E-state index contributed by atoms with van der Waals surface area (Å²) in [5.74, 6) is 0. The normalized spacial score (nSPS) is 36.5. The third kappa shape index (κ3) is 3.94. The summed E-state index contributed by atoms with van der Waals surface area (Å²) in [4.78, 5) is 0. The van der Waals surface area contributed by atoms with Gasteiger partial charge in [-0.05, 0) is 66.2 Å². The van der Waals surface area contributed by atoms with E-state index in [0.29, 0.717) is 12.1 Å². The summed E-state index contributed by atoms with van der Waals surface area (Å²) in [5, 5.41) is 17.1. The van der Waals surface area contributed by atoms with Gasteiger partial charge in [-0.3, -0.25) is 0 Å². The molecule has 1 saturated heterocycles. The van der Waals surface area contributed by atoms with Gasteiger partial charge in [0.05, 0.1) is 6.10 Å². The van der Waals surface area contributed by atoms with Crippen LogP contribution >= 0.6 is 0 Å². The van der Waals surface area contributed by atoms with Gasteiger partial charge in [0.1, 0.15) is 0 Å². The van der Waals surface area contributed by atoms with Crippen LogP contribution in [0.1, 0.15) is 66.2 Å². The van der Waals surface area contributed by atoms with Crippen molar-refractivity contribution in [3.63, 3.8) is 0 Å². The number of nitrogens with one attached hydrogen (secondary N) is 2. The molecule has 2 aliphatic rings. The maximum Gasteiger partial charge on any atom is 0.0541 e. The molecule has 3 nitrogen and oxygen atoms in total. The molecule has 1 heterocycles. The highest BCUT2D eigenvalue weighted by Crippen LogP contribution is 2.30. The zero-order valence-electron chi connectivity index (χ0n) is 12.4. The van der Waals surface area contributed by atoms with Crippen molar-refractivity contribution in [1.29, 1.82) is 0 Å². The van der Waals surface area contributed by atoms with Crippen molar-refractivity contribution in [2.24, 2.45) is 0 Å². The van der Waals surface area contributed by atoms with Crippen LogP contribution in [0.2, 0.25) is 0 Å². The summed E-state index contributed by atoms with van der Waals surface area (Å²) in [6.45, 7) is 9.20. The number of rotatable bonds is 2. The molecule has 0 atom stereocenters. The molecule has 18 heavy (non-hydrogen) atoms. The summed E-state index contributed by atoms with van der Waals surface area (Å²) in [7, 11) is 0. The maximum atomic E-state index is 9.56. The molecule has 1 aliphatic heterocycles. The molecule has 0 aromatic carbocycles. The Morgan fingerprint density at radius 1 is 0.889 bits per heavy atom. The Kier molecular flexibility index (Phi) is 4.05. The van der Waals surface area contributed by atoms with Gasteiger partial charge < -0.3 is 15.7 Å². The van der Waals surface area contributed by atoms with Crippen molar-refractivity contribution in [2.45, 2.75) is 95.5 Å². The molecule has 0 unspecified atom stereocenters. The lowest BCUT2D eigenvalue weighted by Gasteiger charge is -2.48. The van der Waals surface area contributed by atoms with E-state index in [1.54, 1.807) is 0 Å². The van der Waals surface area contributed by atoms with Crippen LogP contribution in [0.5, 0.6) is 0 Å². The largest absolute Gasteiger partial charge is 0.393 e. The highest BCUT2D eigenvalue weighted by molar-refractivity contribution is 5.00. The molecule has 2 rings (SSSR count). The van der Waals surface area contributed by atoms with E-state index in [2.05, 4.69) is 38.3 Å². The second kappa shape index (κ2) is 5.10. The molecule has 0 radical (unpaired) electrons. The van der Waals surface area contributed by atoms with Crippen molar-refractivity contribution in [2.75, 3.05) is 0 Å². The minimum Gasteiger partial charge on any atom is -0.393 e. The molecule has 0 bridgehead atoms. The Morgan fingerprint density at radius 3 is 1.89 bits per heavy atom. The van der Waals surface area contributed by atoms with Crippen LogP contribution in [-0.2, 0) is 0 Å². The van der Waals surface area contributed by atoms with E-state index in [4.69, 9.17) is 0 Å². The second-order valence-corrected chi connectivity index (χ2v) is 7.67. The van der Waals surface area contributed by atoms with Crippen LogP contribution in [0, 0.1) is 0 Å². The van der Waals surface area contributed by atoms with Crippen molar-refractivity contribution in [3.8, 4) is 0 Å². The summed E-state index contributed by atoms with van der Waals surface area (Å²) < 4.78 is 0. The Labute approximate surface area is 112 Å². The van der Waals surface area contributed by atoms with Crippen LogP contribution in [0.4, 0.5) is 0 Å². The van der Waals surface area contributed by atoms with E-state index >= 15 is 0 Å². The lowest BCUT2D eigenvalue weighted by Crippen LogP contribution is -2.62. The third-order valence-corrected chi connectivity index (χ3v) is 4.36. The molecular weight excluding hydrogens is 224 g/mol. The van der Waals surface area contributed by atoms with Gasteiger partial charge in [-0.15, -0.1) is 0 Å². The Hall–Kier alpha value is -0.120. The molecule has 0 aromatic rings. The van der Waals surface area contributed by atoms with Gasteiger partial charge in [0.15, 0.2) is 0 Å². The van der Waals surface area contributed by atoms with Gasteiger partial charge in [0.2, 0.25) is 0 Å². The summed E-state index contributed by atoms with van der Waals surface area (Å²) in [5.41, 5.74) is 0.432. The van der Waals surface area contributed by atoms with Crippen LogP contribution in [0.25, 0.3) is 0 Å². The smallest absolute Gasteiger partial charge is 0.0541 e. The van der Waals surface area contributed by atoms with Crippen molar-refractivity contribution in [1.82, 2.24) is 10.6 Å². The van der Waals surface area contributed by atoms with Gasteiger partial charge in [0.25, 0.3) is 0 Å². The number of hydrogen-bond acceptors (Lipinski definition) is 3. The molecular formula is C15H30N2O. The third-order valence-electron chi connectivity index (χ3n) is 4.36. The number of aliphatic hydroxyl groups is 1. The highest BCUT2D eigenvalue weighted by atomic mass is 16.3. The van der Waals surface area contributed by atoms with Crippen molar-refractivity contribution >= 4 is 0 Å². The first-order valence-corrected chi connectivity index (χ1v) is 7.49. The predicted octanol–water partition coefficient (Wildman–Crippen LogP) is 2.19. The first kappa shape index (κ1) is 14.3. The molecule has 3 heteroatoms. The molecule has 2 fully saturated rings. The standard InChI is InChI=1S/C15H30N2O/c1-14(2)9-12(10-15(3,4)17-14)16-11-5-7-13(18)8-6-11/h11-13,16-18H,5-10H2,1-4H3. The van der Waals surface area contributed by atoms with E-state index in [9.17, 15) is 5.11 Å². The summed E-state index contributed by atoms with van der Waals surface area (Å²) in [6.07, 6.45) is 6.53. The minimum absolute atomic E-state index is 0.0519. The van der Waals surface area contributed by atoms with E-state index in [1.807, 2.05) is 0 Å². The van der Waals surface area contributed by atoms with E-state index in [0.717, 1.165) is 25.7 Å². The molecule has 0 spiro atoms. The number of piperidine rings is 1. The topological polar surface area (TPSA) is 44.3 Å². The quantitative estimate of drug-likeness (QED) is 0.708. The van der Waals surface area contributed by atoms with Crippen LogP contribution in [0.3, 0.4) is 0 Å². The zero-order chi connectivity index (χ0) is 13.4. The lowest BCUT2D eigenvalue weighted by molar-refractivity contribution is 0.0980. The lowest BCUT2D eigenvalue weighted by atomic mass is 9.79. The van der Waals surface area contributed by atoms with E-state index < -0.39 is 0 Å². The van der Waals surface area contributed by atoms with Gasteiger partial charge in [0, 0.05) is 23.2 Å². The molecule has 3 N–H and O–H groups in total. The van der Waals surface area contributed by atoms with Crippen LogP contribution in [-0.4, -0.2) is 34.4 Å². The second-order valence-electron chi connectivity index (χ2n) is 7.67. The molecule has 1 aliphatic carbocycles.